The molecular formula is C12H16N2O2. The van der Waals surface area contributed by atoms with Crippen molar-refractivity contribution >= 4 is 5.78 Å². The quantitative estimate of drug-likeness (QED) is 0.724. The molecule has 1 aliphatic heterocycles. The number of fused-ring (bicyclic) bond motifs is 1. The van der Waals surface area contributed by atoms with Crippen LogP contribution in [0.3, 0.4) is 0 Å². The first-order valence-corrected chi connectivity index (χ1v) is 6.03. The molecule has 2 aliphatic rings. The molecule has 0 unspecified atom stereocenters. The van der Waals surface area contributed by atoms with Gasteiger partial charge in [0.1, 0.15) is 5.69 Å². The zero-order valence-corrected chi connectivity index (χ0v) is 9.32. The van der Waals surface area contributed by atoms with Crippen LogP contribution in [-0.4, -0.2) is 28.8 Å². The van der Waals surface area contributed by atoms with Crippen LogP contribution in [0.25, 0.3) is 0 Å². The van der Waals surface area contributed by atoms with Crippen LogP contribution in [0.2, 0.25) is 0 Å². The minimum atomic E-state index is 0.269. The van der Waals surface area contributed by atoms with Crippen molar-refractivity contribution in [1.29, 1.82) is 0 Å². The van der Waals surface area contributed by atoms with E-state index < -0.39 is 0 Å². The van der Waals surface area contributed by atoms with E-state index in [1.54, 1.807) is 0 Å². The number of carbonyl (C=O) groups is 1. The number of hydrogen-bond acceptors (Lipinski definition) is 3. The SMILES string of the molecule is O=C1CCCc2cnn(C3CCOCC3)c21. The molecule has 2 heterocycles. The number of aryl methyl sites for hydroxylation is 1. The number of nitrogens with zero attached hydrogens (tertiary/aromatic N) is 2. The highest BCUT2D eigenvalue weighted by atomic mass is 16.5. The summed E-state index contributed by atoms with van der Waals surface area (Å²) in [6, 6.07) is 0.361. The van der Waals surface area contributed by atoms with Crippen molar-refractivity contribution in [2.45, 2.75) is 38.1 Å². The van der Waals surface area contributed by atoms with Gasteiger partial charge in [-0.05, 0) is 25.7 Å². The number of ether oxygens (including phenoxy) is 1. The molecule has 3 rings (SSSR count). The third-order valence-corrected chi connectivity index (χ3v) is 3.52. The summed E-state index contributed by atoms with van der Waals surface area (Å²) in [6.45, 7) is 1.57. The van der Waals surface area contributed by atoms with Crippen LogP contribution < -0.4 is 0 Å². The zero-order chi connectivity index (χ0) is 11.0. The summed E-state index contributed by atoms with van der Waals surface area (Å²) in [4.78, 5) is 11.9. The molecule has 0 bridgehead atoms. The van der Waals surface area contributed by atoms with E-state index in [9.17, 15) is 4.79 Å². The summed E-state index contributed by atoms with van der Waals surface area (Å²) in [6.07, 6.45) is 6.49. The standard InChI is InChI=1S/C12H16N2O2/c15-11-3-1-2-9-8-13-14(12(9)11)10-4-6-16-7-5-10/h8,10H,1-7H2. The summed E-state index contributed by atoms with van der Waals surface area (Å²) in [7, 11) is 0. The van der Waals surface area contributed by atoms with E-state index in [0.717, 1.165) is 50.2 Å². The van der Waals surface area contributed by atoms with E-state index in [1.807, 2.05) is 10.9 Å². The Labute approximate surface area is 94.6 Å². The van der Waals surface area contributed by atoms with Gasteiger partial charge in [-0.25, -0.2) is 0 Å². The molecule has 4 heteroatoms. The first kappa shape index (κ1) is 10.0. The number of ketones is 1. The average molecular weight is 220 g/mol. The number of Topliss-reactive ketones (excluding diaryl/α,β-unsaturated/α-hetero) is 1. The summed E-state index contributed by atoms with van der Waals surface area (Å²) < 4.78 is 7.30. The van der Waals surface area contributed by atoms with E-state index >= 15 is 0 Å². The molecule has 0 N–H and O–H groups in total. The molecule has 0 aromatic carbocycles. The highest BCUT2D eigenvalue weighted by Crippen LogP contribution is 2.27. The van der Waals surface area contributed by atoms with Gasteiger partial charge in [-0.3, -0.25) is 9.48 Å². The fourth-order valence-corrected chi connectivity index (χ4v) is 2.65. The van der Waals surface area contributed by atoms with Crippen LogP contribution in [-0.2, 0) is 11.2 Å². The highest BCUT2D eigenvalue weighted by Gasteiger charge is 2.27. The molecule has 4 nitrogen and oxygen atoms in total. The molecule has 0 saturated carbocycles. The van der Waals surface area contributed by atoms with Crippen molar-refractivity contribution in [2.24, 2.45) is 0 Å². The fourth-order valence-electron chi connectivity index (χ4n) is 2.65. The molecule has 0 radical (unpaired) electrons. The summed E-state index contributed by atoms with van der Waals surface area (Å²) in [5.74, 6) is 0.269. The van der Waals surface area contributed by atoms with Crippen LogP contribution in [0.1, 0.15) is 47.8 Å². The van der Waals surface area contributed by atoms with Crippen LogP contribution >= 0.6 is 0 Å². The second-order valence-corrected chi connectivity index (χ2v) is 4.58. The summed E-state index contributed by atoms with van der Waals surface area (Å²) in [5, 5.41) is 4.41. The maximum absolute atomic E-state index is 11.9. The predicted molar refractivity (Wildman–Crippen MR) is 58.6 cm³/mol. The zero-order valence-electron chi connectivity index (χ0n) is 9.32. The molecule has 1 aliphatic carbocycles. The Hall–Kier alpha value is -1.16. The molecular weight excluding hydrogens is 204 g/mol. The Morgan fingerprint density at radius 2 is 2.12 bits per heavy atom. The van der Waals surface area contributed by atoms with Gasteiger partial charge in [-0.15, -0.1) is 0 Å². The minimum Gasteiger partial charge on any atom is -0.381 e. The van der Waals surface area contributed by atoms with Crippen molar-refractivity contribution in [3.8, 4) is 0 Å². The van der Waals surface area contributed by atoms with Gasteiger partial charge in [0.25, 0.3) is 0 Å². The highest BCUT2D eigenvalue weighted by molar-refractivity contribution is 5.96. The van der Waals surface area contributed by atoms with Crippen LogP contribution in [0.15, 0.2) is 6.20 Å². The summed E-state index contributed by atoms with van der Waals surface area (Å²) in [5.41, 5.74) is 2.01. The topological polar surface area (TPSA) is 44.1 Å². The third-order valence-electron chi connectivity index (χ3n) is 3.52. The Balaban J connectivity index is 1.95. The number of hydrogen-bond donors (Lipinski definition) is 0. The van der Waals surface area contributed by atoms with E-state index in [4.69, 9.17) is 4.74 Å². The van der Waals surface area contributed by atoms with E-state index in [-0.39, 0.29) is 5.78 Å². The Bertz CT molecular complexity index is 405. The van der Waals surface area contributed by atoms with Gasteiger partial charge >= 0.3 is 0 Å². The maximum atomic E-state index is 11.9. The van der Waals surface area contributed by atoms with Crippen molar-refractivity contribution in [3.63, 3.8) is 0 Å². The van der Waals surface area contributed by atoms with Gasteiger partial charge in [0.2, 0.25) is 0 Å². The monoisotopic (exact) mass is 220 g/mol. The van der Waals surface area contributed by atoms with Crippen molar-refractivity contribution in [3.05, 3.63) is 17.5 Å². The molecule has 1 fully saturated rings. The Morgan fingerprint density at radius 1 is 1.31 bits per heavy atom. The summed E-state index contributed by atoms with van der Waals surface area (Å²) >= 11 is 0. The number of carbonyl (C=O) groups excluding carboxylic acids is 1. The average Bonchev–Trinajstić information content (AvgIpc) is 2.75. The van der Waals surface area contributed by atoms with Gasteiger partial charge in [0.05, 0.1) is 12.2 Å². The van der Waals surface area contributed by atoms with Crippen LogP contribution in [0, 0.1) is 0 Å². The Kier molecular flexibility index (Phi) is 2.52. The maximum Gasteiger partial charge on any atom is 0.181 e. The second-order valence-electron chi connectivity index (χ2n) is 4.58. The minimum absolute atomic E-state index is 0.269. The lowest BCUT2D eigenvalue weighted by atomic mass is 9.96. The molecule has 1 saturated heterocycles. The first-order valence-electron chi connectivity index (χ1n) is 6.03. The number of rotatable bonds is 1. The lowest BCUT2D eigenvalue weighted by molar-refractivity contribution is 0.0642. The molecule has 0 spiro atoms. The van der Waals surface area contributed by atoms with Crippen LogP contribution in [0.4, 0.5) is 0 Å². The van der Waals surface area contributed by atoms with Gasteiger partial charge in [0.15, 0.2) is 5.78 Å². The molecule has 1 aromatic heterocycles. The van der Waals surface area contributed by atoms with Gasteiger partial charge < -0.3 is 4.74 Å². The van der Waals surface area contributed by atoms with E-state index in [1.165, 1.54) is 0 Å². The second kappa shape index (κ2) is 4.01. The lowest BCUT2D eigenvalue weighted by Crippen LogP contribution is -2.25. The molecule has 86 valence electrons. The predicted octanol–water partition coefficient (Wildman–Crippen LogP) is 1.75. The first-order chi connectivity index (χ1) is 7.86. The van der Waals surface area contributed by atoms with Crippen molar-refractivity contribution in [2.75, 3.05) is 13.2 Å². The van der Waals surface area contributed by atoms with E-state index in [2.05, 4.69) is 5.10 Å². The smallest absolute Gasteiger partial charge is 0.181 e. The normalized spacial score (nSPS) is 22.1. The van der Waals surface area contributed by atoms with Crippen molar-refractivity contribution < 1.29 is 9.53 Å². The van der Waals surface area contributed by atoms with Gasteiger partial charge in [0, 0.05) is 25.2 Å². The molecule has 1 aromatic rings. The largest absolute Gasteiger partial charge is 0.381 e. The Morgan fingerprint density at radius 3 is 2.94 bits per heavy atom. The van der Waals surface area contributed by atoms with Gasteiger partial charge in [-0.1, -0.05) is 0 Å². The van der Waals surface area contributed by atoms with Crippen LogP contribution in [0.5, 0.6) is 0 Å². The fraction of sp³-hybridized carbons (Fsp3) is 0.667. The van der Waals surface area contributed by atoms with Gasteiger partial charge in [-0.2, -0.15) is 5.10 Å². The van der Waals surface area contributed by atoms with E-state index in [0.29, 0.717) is 12.5 Å². The number of aromatic nitrogens is 2. The molecule has 0 atom stereocenters. The molecule has 16 heavy (non-hydrogen) atoms. The van der Waals surface area contributed by atoms with Crippen molar-refractivity contribution in [1.82, 2.24) is 9.78 Å². The third kappa shape index (κ3) is 1.57. The lowest BCUT2D eigenvalue weighted by Gasteiger charge is -2.25. The molecule has 0 amide bonds.